The second-order valence-electron chi connectivity index (χ2n) is 7.30. The zero-order chi connectivity index (χ0) is 23.0. The number of aromatic nitrogens is 2. The van der Waals surface area contributed by atoms with Crippen molar-refractivity contribution in [2.24, 2.45) is 0 Å². The van der Waals surface area contributed by atoms with Crippen LogP contribution in [0.15, 0.2) is 28.2 Å². The molecule has 3 rings (SSSR count). The van der Waals surface area contributed by atoms with Gasteiger partial charge in [0, 0.05) is 23.1 Å². The molecule has 0 saturated heterocycles. The molecule has 1 aromatic carbocycles. The molecule has 1 amide bonds. The Morgan fingerprint density at radius 3 is 2.61 bits per heavy atom. The summed E-state index contributed by atoms with van der Waals surface area (Å²) >= 11 is 8.69. The van der Waals surface area contributed by atoms with Gasteiger partial charge < -0.3 is 5.32 Å². The van der Waals surface area contributed by atoms with Crippen LogP contribution in [0, 0.1) is 24.0 Å². The van der Waals surface area contributed by atoms with Gasteiger partial charge in [-0.05, 0) is 46.2 Å². The Hall–Kier alpha value is -2.43. The maximum absolute atomic E-state index is 13.1. The summed E-state index contributed by atoms with van der Waals surface area (Å²) in [6.45, 7) is 9.32. The topological polar surface area (TPSA) is 107 Å². The summed E-state index contributed by atoms with van der Waals surface area (Å²) in [6.07, 6.45) is 0. The molecule has 0 radical (unpaired) electrons. The fourth-order valence-corrected chi connectivity index (χ4v) is 5.27. The minimum atomic E-state index is -0.633. The lowest BCUT2D eigenvalue weighted by atomic mass is 10.2. The Morgan fingerprint density at radius 1 is 1.32 bits per heavy atom. The first-order chi connectivity index (χ1) is 14.5. The lowest BCUT2D eigenvalue weighted by Gasteiger charge is -2.18. The molecule has 0 bridgehead atoms. The number of carbonyl (C=O) groups excluding carboxylic acids is 1. The molecule has 0 aliphatic heterocycles. The van der Waals surface area contributed by atoms with E-state index in [-0.39, 0.29) is 28.0 Å². The van der Waals surface area contributed by atoms with E-state index in [1.54, 1.807) is 11.5 Å². The molecule has 0 fully saturated rings. The molecule has 2 heterocycles. The monoisotopic (exact) mass is 480 g/mol. The van der Waals surface area contributed by atoms with Gasteiger partial charge in [-0.15, -0.1) is 11.3 Å². The first-order valence-corrected chi connectivity index (χ1v) is 11.5. The first-order valence-electron chi connectivity index (χ1n) is 9.45. The van der Waals surface area contributed by atoms with Crippen LogP contribution < -0.4 is 10.9 Å². The molecule has 164 valence electrons. The van der Waals surface area contributed by atoms with E-state index in [2.05, 4.69) is 10.3 Å². The number of carbonyl (C=O) groups is 1. The Bertz CT molecular complexity index is 1250. The second kappa shape index (κ2) is 8.97. The Balaban J connectivity index is 1.93. The number of benzene rings is 1. The Morgan fingerprint density at radius 2 is 2.00 bits per heavy atom. The number of non-ortho nitro benzene ring substituents is 1. The van der Waals surface area contributed by atoms with Crippen LogP contribution in [0.4, 0.5) is 11.4 Å². The number of hydrogen-bond acceptors (Lipinski definition) is 7. The quantitative estimate of drug-likeness (QED) is 0.221. The zero-order valence-corrected chi connectivity index (χ0v) is 19.9. The summed E-state index contributed by atoms with van der Waals surface area (Å²) in [7, 11) is 0. The molecule has 1 N–H and O–H groups in total. The fraction of sp³-hybridized carbons (Fsp3) is 0.350. The van der Waals surface area contributed by atoms with Gasteiger partial charge in [0.25, 0.3) is 11.2 Å². The van der Waals surface area contributed by atoms with Crippen LogP contribution in [0.1, 0.15) is 37.3 Å². The molecule has 0 aliphatic carbocycles. The van der Waals surface area contributed by atoms with Gasteiger partial charge in [-0.25, -0.2) is 4.98 Å². The van der Waals surface area contributed by atoms with Crippen LogP contribution in [0.2, 0.25) is 5.02 Å². The van der Waals surface area contributed by atoms with E-state index in [1.807, 2.05) is 27.7 Å². The van der Waals surface area contributed by atoms with E-state index < -0.39 is 16.1 Å². The summed E-state index contributed by atoms with van der Waals surface area (Å²) in [5.41, 5.74) is 0.778. The standard InChI is InChI=1S/C20H21ClN4O4S2/c1-9(2)24-19(27)16-10(3)11(4)30-18(16)23-20(24)31-12(5)17(26)22-15-8-13(25(28)29)6-7-14(15)21/h6-9,12H,1-5H3,(H,22,26). The number of nitro benzene ring substituents is 1. The Labute approximate surface area is 191 Å². The number of thioether (sulfide) groups is 1. The average molecular weight is 481 g/mol. The number of nitro groups is 1. The van der Waals surface area contributed by atoms with Crippen LogP contribution in [0.5, 0.6) is 0 Å². The first kappa shape index (κ1) is 23.2. The maximum Gasteiger partial charge on any atom is 0.271 e. The normalized spacial score (nSPS) is 12.4. The number of nitrogens with one attached hydrogen (secondary N) is 1. The van der Waals surface area contributed by atoms with Crippen molar-refractivity contribution in [2.75, 3.05) is 5.32 Å². The minimum absolute atomic E-state index is 0.126. The van der Waals surface area contributed by atoms with Gasteiger partial charge >= 0.3 is 0 Å². The van der Waals surface area contributed by atoms with E-state index in [4.69, 9.17) is 11.6 Å². The number of rotatable bonds is 6. The molecule has 8 nitrogen and oxygen atoms in total. The summed E-state index contributed by atoms with van der Waals surface area (Å²) < 4.78 is 1.59. The van der Waals surface area contributed by atoms with Gasteiger partial charge in [0.1, 0.15) is 4.83 Å². The number of anilines is 1. The maximum atomic E-state index is 13.1. The van der Waals surface area contributed by atoms with Crippen molar-refractivity contribution in [3.63, 3.8) is 0 Å². The number of amides is 1. The molecular weight excluding hydrogens is 460 g/mol. The van der Waals surface area contributed by atoms with Crippen LogP contribution in [0.3, 0.4) is 0 Å². The van der Waals surface area contributed by atoms with Crippen molar-refractivity contribution >= 4 is 62.2 Å². The molecule has 31 heavy (non-hydrogen) atoms. The Kier molecular flexibility index (Phi) is 6.73. The number of halogens is 1. The van der Waals surface area contributed by atoms with Crippen LogP contribution >= 0.6 is 34.7 Å². The number of hydrogen-bond donors (Lipinski definition) is 1. The summed E-state index contributed by atoms with van der Waals surface area (Å²) in [5.74, 6) is -0.407. The number of thiophene rings is 1. The summed E-state index contributed by atoms with van der Waals surface area (Å²) in [5, 5.41) is 14.2. The molecule has 1 atom stereocenters. The lowest BCUT2D eigenvalue weighted by molar-refractivity contribution is -0.384. The molecule has 0 saturated carbocycles. The van der Waals surface area contributed by atoms with E-state index in [1.165, 1.54) is 29.5 Å². The SMILES string of the molecule is Cc1sc2nc(SC(C)C(=O)Nc3cc([N+](=O)[O-])ccc3Cl)n(C(C)C)c(=O)c2c1C. The van der Waals surface area contributed by atoms with E-state index in [0.717, 1.165) is 22.2 Å². The predicted molar refractivity (Wildman–Crippen MR) is 126 cm³/mol. The second-order valence-corrected chi connectivity index (χ2v) is 10.2. The smallest absolute Gasteiger partial charge is 0.271 e. The van der Waals surface area contributed by atoms with Crippen molar-refractivity contribution in [3.8, 4) is 0 Å². The highest BCUT2D eigenvalue weighted by molar-refractivity contribution is 8.00. The molecule has 11 heteroatoms. The molecule has 1 unspecified atom stereocenters. The van der Waals surface area contributed by atoms with Gasteiger partial charge in [-0.2, -0.15) is 0 Å². The number of fused-ring (bicyclic) bond motifs is 1. The van der Waals surface area contributed by atoms with Crippen LogP contribution in [0.25, 0.3) is 10.2 Å². The third-order valence-corrected chi connectivity index (χ3v) is 7.29. The van der Waals surface area contributed by atoms with Gasteiger partial charge in [0.05, 0.1) is 26.3 Å². The fourth-order valence-electron chi connectivity index (χ4n) is 2.99. The van der Waals surface area contributed by atoms with Gasteiger partial charge in [0.15, 0.2) is 5.16 Å². The van der Waals surface area contributed by atoms with Crippen molar-refractivity contribution < 1.29 is 9.72 Å². The lowest BCUT2D eigenvalue weighted by Crippen LogP contribution is -2.28. The third-order valence-electron chi connectivity index (χ3n) is 4.79. The zero-order valence-electron chi connectivity index (χ0n) is 17.6. The van der Waals surface area contributed by atoms with E-state index >= 15 is 0 Å². The number of nitrogens with zero attached hydrogens (tertiary/aromatic N) is 3. The van der Waals surface area contributed by atoms with Crippen molar-refractivity contribution in [2.45, 2.75) is 51.1 Å². The van der Waals surface area contributed by atoms with Gasteiger partial charge in [-0.3, -0.25) is 24.3 Å². The third kappa shape index (κ3) is 4.60. The van der Waals surface area contributed by atoms with Gasteiger partial charge in [-0.1, -0.05) is 23.4 Å². The summed E-state index contributed by atoms with van der Waals surface area (Å²) in [4.78, 5) is 42.7. The summed E-state index contributed by atoms with van der Waals surface area (Å²) in [6, 6.07) is 3.69. The van der Waals surface area contributed by atoms with E-state index in [9.17, 15) is 19.7 Å². The molecule has 2 aromatic heterocycles. The van der Waals surface area contributed by atoms with Crippen molar-refractivity contribution in [3.05, 3.63) is 54.1 Å². The highest BCUT2D eigenvalue weighted by Crippen LogP contribution is 2.32. The van der Waals surface area contributed by atoms with Crippen LogP contribution in [-0.2, 0) is 4.79 Å². The minimum Gasteiger partial charge on any atom is -0.324 e. The molecule has 0 spiro atoms. The molecular formula is C20H21ClN4O4S2. The highest BCUT2D eigenvalue weighted by atomic mass is 35.5. The highest BCUT2D eigenvalue weighted by Gasteiger charge is 2.23. The predicted octanol–water partition coefficient (Wildman–Crippen LogP) is 5.34. The van der Waals surface area contributed by atoms with Crippen molar-refractivity contribution in [1.29, 1.82) is 0 Å². The van der Waals surface area contributed by atoms with Crippen LogP contribution in [-0.4, -0.2) is 25.6 Å². The average Bonchev–Trinajstić information content (AvgIpc) is 2.96. The van der Waals surface area contributed by atoms with E-state index in [0.29, 0.717) is 15.4 Å². The van der Waals surface area contributed by atoms with Crippen molar-refractivity contribution in [1.82, 2.24) is 9.55 Å². The van der Waals surface area contributed by atoms with Gasteiger partial charge in [0.2, 0.25) is 5.91 Å². The molecule has 3 aromatic rings. The largest absolute Gasteiger partial charge is 0.324 e. The number of aryl methyl sites for hydroxylation is 2. The molecule has 0 aliphatic rings.